The fourth-order valence-electron chi connectivity index (χ4n) is 7.51. The summed E-state index contributed by atoms with van der Waals surface area (Å²) in [6.07, 6.45) is 1.92. The van der Waals surface area contributed by atoms with E-state index >= 15 is 0 Å². The van der Waals surface area contributed by atoms with Crippen LogP contribution in [0.15, 0.2) is 103 Å². The Hall–Kier alpha value is -4.37. The van der Waals surface area contributed by atoms with Gasteiger partial charge in [-0.1, -0.05) is 88.4 Å². The normalized spacial score (nSPS) is 17.1. The zero-order valence-electron chi connectivity index (χ0n) is 23.6. The zero-order valence-corrected chi connectivity index (χ0v) is 23.6. The molecule has 2 aliphatic carbocycles. The SMILES string of the molecule is CC1(C)c2ccccc2-c2cc(N3CCN(c4ccc5c(c4)-c4ccccc4C5(C)C)c4ncccc43)ccc21. The van der Waals surface area contributed by atoms with Gasteiger partial charge in [0.15, 0.2) is 5.82 Å². The van der Waals surface area contributed by atoms with E-state index < -0.39 is 0 Å². The highest BCUT2D eigenvalue weighted by Crippen LogP contribution is 2.52. The van der Waals surface area contributed by atoms with Crippen LogP contribution >= 0.6 is 0 Å². The van der Waals surface area contributed by atoms with Gasteiger partial charge in [0.2, 0.25) is 0 Å². The topological polar surface area (TPSA) is 19.4 Å². The third-order valence-corrected chi connectivity index (χ3v) is 9.62. The molecule has 0 fully saturated rings. The summed E-state index contributed by atoms with van der Waals surface area (Å²) in [5.74, 6) is 1.01. The molecular formula is C37H33N3. The summed E-state index contributed by atoms with van der Waals surface area (Å²) in [7, 11) is 0. The molecule has 40 heavy (non-hydrogen) atoms. The van der Waals surface area contributed by atoms with Crippen LogP contribution in [0.5, 0.6) is 0 Å². The van der Waals surface area contributed by atoms with E-state index in [4.69, 9.17) is 4.98 Å². The number of rotatable bonds is 2. The van der Waals surface area contributed by atoms with Gasteiger partial charge >= 0.3 is 0 Å². The Bertz CT molecular complexity index is 1700. The summed E-state index contributed by atoms with van der Waals surface area (Å²) in [6, 6.07) is 36.0. The maximum Gasteiger partial charge on any atom is 0.157 e. The van der Waals surface area contributed by atoms with Crippen molar-refractivity contribution < 1.29 is 0 Å². The minimum absolute atomic E-state index is 0.0140. The van der Waals surface area contributed by atoms with E-state index in [2.05, 4.69) is 135 Å². The average Bonchev–Trinajstić information content (AvgIpc) is 3.36. The van der Waals surface area contributed by atoms with Gasteiger partial charge in [0.1, 0.15) is 0 Å². The predicted molar refractivity (Wildman–Crippen MR) is 166 cm³/mol. The summed E-state index contributed by atoms with van der Waals surface area (Å²) >= 11 is 0. The Morgan fingerprint density at radius 2 is 1.02 bits per heavy atom. The average molecular weight is 520 g/mol. The lowest BCUT2D eigenvalue weighted by Crippen LogP contribution is -2.36. The fourth-order valence-corrected chi connectivity index (χ4v) is 7.51. The summed E-state index contributed by atoms with van der Waals surface area (Å²) in [4.78, 5) is 9.77. The molecule has 8 rings (SSSR count). The quantitative estimate of drug-likeness (QED) is 0.232. The van der Waals surface area contributed by atoms with Crippen molar-refractivity contribution in [3.63, 3.8) is 0 Å². The molecule has 3 nitrogen and oxygen atoms in total. The van der Waals surface area contributed by atoms with E-state index in [0.717, 1.165) is 24.6 Å². The maximum absolute atomic E-state index is 4.94. The molecule has 0 N–H and O–H groups in total. The molecule has 0 amide bonds. The van der Waals surface area contributed by atoms with Crippen molar-refractivity contribution in [2.75, 3.05) is 22.9 Å². The van der Waals surface area contributed by atoms with Gasteiger partial charge in [-0.2, -0.15) is 0 Å². The lowest BCUT2D eigenvalue weighted by molar-refractivity contribution is 0.660. The first-order chi connectivity index (χ1) is 19.4. The van der Waals surface area contributed by atoms with Gasteiger partial charge in [0, 0.05) is 41.5 Å². The van der Waals surface area contributed by atoms with Gasteiger partial charge < -0.3 is 9.80 Å². The van der Waals surface area contributed by atoms with Crippen LogP contribution < -0.4 is 9.80 Å². The highest BCUT2D eigenvalue weighted by Gasteiger charge is 2.37. The van der Waals surface area contributed by atoms with E-state index in [9.17, 15) is 0 Å². The van der Waals surface area contributed by atoms with E-state index in [-0.39, 0.29) is 10.8 Å². The second-order valence-electron chi connectivity index (χ2n) is 12.5. The van der Waals surface area contributed by atoms with Crippen molar-refractivity contribution in [1.29, 1.82) is 0 Å². The van der Waals surface area contributed by atoms with Gasteiger partial charge in [-0.3, -0.25) is 0 Å². The molecule has 4 aromatic carbocycles. The molecule has 196 valence electrons. The van der Waals surface area contributed by atoms with Gasteiger partial charge in [-0.25, -0.2) is 4.98 Å². The highest BCUT2D eigenvalue weighted by atomic mass is 15.3. The lowest BCUT2D eigenvalue weighted by atomic mass is 9.82. The number of nitrogens with zero attached hydrogens (tertiary/aromatic N) is 3. The lowest BCUT2D eigenvalue weighted by Gasteiger charge is -2.38. The van der Waals surface area contributed by atoms with Crippen LogP contribution in [0.25, 0.3) is 22.3 Å². The number of hydrogen-bond acceptors (Lipinski definition) is 3. The van der Waals surface area contributed by atoms with Gasteiger partial charge in [-0.05, 0) is 80.9 Å². The van der Waals surface area contributed by atoms with Crippen LogP contribution in [-0.2, 0) is 10.8 Å². The van der Waals surface area contributed by atoms with Crippen LogP contribution in [0, 0.1) is 0 Å². The minimum Gasteiger partial charge on any atom is -0.337 e. The third kappa shape index (κ3) is 3.09. The molecule has 0 bridgehead atoms. The van der Waals surface area contributed by atoms with Crippen molar-refractivity contribution in [2.24, 2.45) is 0 Å². The molecule has 0 saturated carbocycles. The van der Waals surface area contributed by atoms with E-state index in [0.29, 0.717) is 0 Å². The Balaban J connectivity index is 1.20. The number of hydrogen-bond donors (Lipinski definition) is 0. The molecule has 3 aliphatic rings. The van der Waals surface area contributed by atoms with Crippen molar-refractivity contribution in [1.82, 2.24) is 4.98 Å². The Labute approximate surface area is 236 Å². The van der Waals surface area contributed by atoms with Crippen LogP contribution in [0.1, 0.15) is 49.9 Å². The third-order valence-electron chi connectivity index (χ3n) is 9.62. The predicted octanol–water partition coefficient (Wildman–Crippen LogP) is 8.98. The standard InChI is InChI=1S/C37H33N3/c1-36(2)30-12-7-5-10-26(30)28-22-24(15-17-32(28)36)39-20-21-40(35-34(39)14-9-19-38-35)25-16-18-33-29(23-25)27-11-6-8-13-31(27)37(33,3)4/h5-19,22-23H,20-21H2,1-4H3. The number of aromatic nitrogens is 1. The Kier molecular flexibility index (Phi) is 4.75. The molecule has 0 atom stereocenters. The molecule has 0 radical (unpaired) electrons. The van der Waals surface area contributed by atoms with Gasteiger partial charge in [0.25, 0.3) is 0 Å². The molecule has 5 aromatic rings. The van der Waals surface area contributed by atoms with E-state index in [1.165, 1.54) is 55.9 Å². The van der Waals surface area contributed by atoms with Crippen LogP contribution in [0.4, 0.5) is 22.9 Å². The molecule has 1 aliphatic heterocycles. The second-order valence-corrected chi connectivity index (χ2v) is 12.5. The maximum atomic E-state index is 4.94. The van der Waals surface area contributed by atoms with Crippen LogP contribution in [-0.4, -0.2) is 18.1 Å². The van der Waals surface area contributed by atoms with Crippen molar-refractivity contribution >= 4 is 22.9 Å². The minimum atomic E-state index is 0.0140. The molecular weight excluding hydrogens is 486 g/mol. The van der Waals surface area contributed by atoms with Gasteiger partial charge in [-0.15, -0.1) is 0 Å². The monoisotopic (exact) mass is 519 g/mol. The molecule has 2 heterocycles. The summed E-state index contributed by atoms with van der Waals surface area (Å²) in [5, 5.41) is 0. The second kappa shape index (κ2) is 8.08. The molecule has 3 heteroatoms. The molecule has 0 saturated heterocycles. The largest absolute Gasteiger partial charge is 0.337 e. The zero-order chi connectivity index (χ0) is 27.2. The van der Waals surface area contributed by atoms with Gasteiger partial charge in [0.05, 0.1) is 5.69 Å². The Morgan fingerprint density at radius 3 is 1.62 bits per heavy atom. The van der Waals surface area contributed by atoms with Crippen LogP contribution in [0.2, 0.25) is 0 Å². The first kappa shape index (κ1) is 23.5. The number of fused-ring (bicyclic) bond motifs is 7. The van der Waals surface area contributed by atoms with E-state index in [1.54, 1.807) is 0 Å². The fraction of sp³-hybridized carbons (Fsp3) is 0.216. The highest BCUT2D eigenvalue weighted by molar-refractivity contribution is 5.88. The van der Waals surface area contributed by atoms with Crippen LogP contribution in [0.3, 0.4) is 0 Å². The molecule has 1 aromatic heterocycles. The summed E-state index contributed by atoms with van der Waals surface area (Å²) in [6.45, 7) is 11.1. The first-order valence-electron chi connectivity index (χ1n) is 14.3. The van der Waals surface area contributed by atoms with Crippen molar-refractivity contribution in [3.8, 4) is 22.3 Å². The smallest absolute Gasteiger partial charge is 0.157 e. The van der Waals surface area contributed by atoms with Crippen molar-refractivity contribution in [3.05, 3.63) is 126 Å². The first-order valence-corrected chi connectivity index (χ1v) is 14.3. The number of pyridine rings is 1. The number of benzene rings is 4. The summed E-state index contributed by atoms with van der Waals surface area (Å²) in [5.41, 5.74) is 14.7. The summed E-state index contributed by atoms with van der Waals surface area (Å²) < 4.78 is 0. The number of anilines is 4. The molecule has 0 unspecified atom stereocenters. The van der Waals surface area contributed by atoms with E-state index in [1.807, 2.05) is 6.20 Å². The Morgan fingerprint density at radius 1 is 0.525 bits per heavy atom. The van der Waals surface area contributed by atoms with Crippen molar-refractivity contribution in [2.45, 2.75) is 38.5 Å². The molecule has 0 spiro atoms.